The summed E-state index contributed by atoms with van der Waals surface area (Å²) in [6, 6.07) is 8.39. The summed E-state index contributed by atoms with van der Waals surface area (Å²) in [5.41, 5.74) is 2.39. The number of hydrogen-bond donors (Lipinski definition) is 2. The van der Waals surface area contributed by atoms with E-state index in [0.717, 1.165) is 18.5 Å². The fourth-order valence-corrected chi connectivity index (χ4v) is 2.32. The van der Waals surface area contributed by atoms with Crippen molar-refractivity contribution in [3.8, 4) is 0 Å². The maximum Gasteiger partial charge on any atom is 0.0948 e. The summed E-state index contributed by atoms with van der Waals surface area (Å²) in [6.07, 6.45) is 1.79. The number of fused-ring (bicyclic) bond motifs is 1. The van der Waals surface area contributed by atoms with Gasteiger partial charge in [-0.25, -0.2) is 0 Å². The first-order valence-electron chi connectivity index (χ1n) is 6.17. The summed E-state index contributed by atoms with van der Waals surface area (Å²) in [5, 5.41) is 13.6. The monoisotopic (exact) mass is 219 g/mol. The molecule has 2 heteroatoms. The van der Waals surface area contributed by atoms with Gasteiger partial charge in [-0.1, -0.05) is 38.1 Å². The number of rotatable bonds is 4. The van der Waals surface area contributed by atoms with Crippen LogP contribution in [0.1, 0.15) is 37.5 Å². The van der Waals surface area contributed by atoms with E-state index in [-0.39, 0.29) is 12.1 Å². The largest absolute Gasteiger partial charge is 0.387 e. The molecule has 1 aromatic rings. The zero-order valence-electron chi connectivity index (χ0n) is 10.1. The normalized spacial score (nSPS) is 23.8. The Balaban J connectivity index is 1.92. The van der Waals surface area contributed by atoms with Crippen LogP contribution in [0.4, 0.5) is 0 Å². The molecule has 2 nitrogen and oxygen atoms in total. The molecule has 2 N–H and O–H groups in total. The zero-order chi connectivity index (χ0) is 11.5. The van der Waals surface area contributed by atoms with E-state index in [0.29, 0.717) is 5.92 Å². The van der Waals surface area contributed by atoms with E-state index in [1.807, 2.05) is 18.2 Å². The SMILES string of the molecule is CC(C)CCN[C@@H]1Cc2ccccc2[C@H]1O. The van der Waals surface area contributed by atoms with E-state index in [2.05, 4.69) is 25.2 Å². The van der Waals surface area contributed by atoms with Gasteiger partial charge < -0.3 is 10.4 Å². The van der Waals surface area contributed by atoms with Crippen LogP contribution in [0.3, 0.4) is 0 Å². The van der Waals surface area contributed by atoms with Crippen LogP contribution < -0.4 is 5.32 Å². The predicted octanol–water partition coefficient (Wildman–Crippen LogP) is 2.28. The fourth-order valence-electron chi connectivity index (χ4n) is 2.32. The number of aliphatic hydroxyl groups is 1. The standard InChI is InChI=1S/C14H21NO/c1-10(2)7-8-15-13-9-11-5-3-4-6-12(11)14(13)16/h3-6,10,13-16H,7-9H2,1-2H3/t13-,14-/m1/s1. The van der Waals surface area contributed by atoms with Gasteiger partial charge in [-0.3, -0.25) is 0 Å². The Morgan fingerprint density at radius 1 is 1.38 bits per heavy atom. The number of aliphatic hydroxyl groups excluding tert-OH is 1. The number of nitrogens with one attached hydrogen (secondary N) is 1. The topological polar surface area (TPSA) is 32.3 Å². The molecule has 2 atom stereocenters. The summed E-state index contributed by atoms with van der Waals surface area (Å²) in [5.74, 6) is 0.716. The maximum absolute atomic E-state index is 10.1. The highest BCUT2D eigenvalue weighted by molar-refractivity contribution is 5.35. The lowest BCUT2D eigenvalue weighted by Crippen LogP contribution is -2.34. The minimum absolute atomic E-state index is 0.205. The molecule has 1 aliphatic rings. The molecule has 0 aromatic heterocycles. The summed E-state index contributed by atoms with van der Waals surface area (Å²) >= 11 is 0. The molecular formula is C14H21NO. The average Bonchev–Trinajstić information content (AvgIpc) is 2.56. The van der Waals surface area contributed by atoms with Crippen LogP contribution in [-0.2, 0) is 6.42 Å². The summed E-state index contributed by atoms with van der Waals surface area (Å²) < 4.78 is 0. The molecule has 1 aliphatic carbocycles. The van der Waals surface area contributed by atoms with Gasteiger partial charge in [0, 0.05) is 6.04 Å². The second-order valence-corrected chi connectivity index (χ2v) is 5.09. The Morgan fingerprint density at radius 3 is 2.81 bits per heavy atom. The summed E-state index contributed by atoms with van der Waals surface area (Å²) in [6.45, 7) is 5.44. The number of benzene rings is 1. The lowest BCUT2D eigenvalue weighted by atomic mass is 10.1. The second-order valence-electron chi connectivity index (χ2n) is 5.09. The molecule has 16 heavy (non-hydrogen) atoms. The van der Waals surface area contributed by atoms with Crippen LogP contribution in [0.5, 0.6) is 0 Å². The molecule has 88 valence electrons. The van der Waals surface area contributed by atoms with Crippen molar-refractivity contribution in [3.63, 3.8) is 0 Å². The van der Waals surface area contributed by atoms with Gasteiger partial charge in [0.15, 0.2) is 0 Å². The maximum atomic E-state index is 10.1. The van der Waals surface area contributed by atoms with Crippen molar-refractivity contribution in [3.05, 3.63) is 35.4 Å². The molecule has 0 fully saturated rings. The van der Waals surface area contributed by atoms with Crippen LogP contribution >= 0.6 is 0 Å². The van der Waals surface area contributed by atoms with E-state index >= 15 is 0 Å². The molecule has 0 radical (unpaired) electrons. The van der Waals surface area contributed by atoms with Gasteiger partial charge >= 0.3 is 0 Å². The molecule has 0 heterocycles. The smallest absolute Gasteiger partial charge is 0.0948 e. The van der Waals surface area contributed by atoms with Crippen molar-refractivity contribution in [2.24, 2.45) is 5.92 Å². The van der Waals surface area contributed by atoms with Crippen molar-refractivity contribution >= 4 is 0 Å². The summed E-state index contributed by atoms with van der Waals surface area (Å²) in [7, 11) is 0. The Kier molecular flexibility index (Phi) is 3.62. The van der Waals surface area contributed by atoms with Crippen molar-refractivity contribution in [2.45, 2.75) is 38.8 Å². The molecule has 0 unspecified atom stereocenters. The van der Waals surface area contributed by atoms with Gasteiger partial charge in [0.1, 0.15) is 0 Å². The first-order chi connectivity index (χ1) is 7.68. The Morgan fingerprint density at radius 2 is 2.12 bits per heavy atom. The van der Waals surface area contributed by atoms with Crippen LogP contribution in [0.2, 0.25) is 0 Å². The summed E-state index contributed by atoms with van der Waals surface area (Å²) in [4.78, 5) is 0. The molecule has 1 aromatic carbocycles. The zero-order valence-corrected chi connectivity index (χ0v) is 10.1. The molecule has 2 rings (SSSR count). The lowest BCUT2D eigenvalue weighted by Gasteiger charge is -2.17. The third-order valence-corrected chi connectivity index (χ3v) is 3.32. The van der Waals surface area contributed by atoms with Crippen molar-refractivity contribution < 1.29 is 5.11 Å². The van der Waals surface area contributed by atoms with Gasteiger partial charge in [-0.05, 0) is 36.4 Å². The van der Waals surface area contributed by atoms with E-state index in [1.54, 1.807) is 0 Å². The first-order valence-corrected chi connectivity index (χ1v) is 6.17. The predicted molar refractivity (Wildman–Crippen MR) is 66.4 cm³/mol. The van der Waals surface area contributed by atoms with E-state index in [9.17, 15) is 5.11 Å². The minimum Gasteiger partial charge on any atom is -0.387 e. The molecule has 0 bridgehead atoms. The lowest BCUT2D eigenvalue weighted by molar-refractivity contribution is 0.141. The average molecular weight is 219 g/mol. The first kappa shape index (κ1) is 11.6. The highest BCUT2D eigenvalue weighted by Crippen LogP contribution is 2.30. The third-order valence-electron chi connectivity index (χ3n) is 3.32. The Hall–Kier alpha value is -0.860. The quantitative estimate of drug-likeness (QED) is 0.814. The second kappa shape index (κ2) is 4.98. The van der Waals surface area contributed by atoms with Crippen molar-refractivity contribution in [1.82, 2.24) is 5.32 Å². The van der Waals surface area contributed by atoms with Gasteiger partial charge in [0.25, 0.3) is 0 Å². The van der Waals surface area contributed by atoms with Crippen LogP contribution in [0, 0.1) is 5.92 Å². The highest BCUT2D eigenvalue weighted by Gasteiger charge is 2.29. The van der Waals surface area contributed by atoms with Gasteiger partial charge in [0.05, 0.1) is 6.10 Å². The van der Waals surface area contributed by atoms with E-state index in [1.165, 1.54) is 12.0 Å². The van der Waals surface area contributed by atoms with Crippen LogP contribution in [0.25, 0.3) is 0 Å². The molecule has 0 saturated heterocycles. The molecule has 0 saturated carbocycles. The molecular weight excluding hydrogens is 198 g/mol. The van der Waals surface area contributed by atoms with E-state index in [4.69, 9.17) is 0 Å². The van der Waals surface area contributed by atoms with E-state index < -0.39 is 0 Å². The van der Waals surface area contributed by atoms with Crippen molar-refractivity contribution in [1.29, 1.82) is 0 Å². The fraction of sp³-hybridized carbons (Fsp3) is 0.571. The molecule has 0 amide bonds. The van der Waals surface area contributed by atoms with Crippen molar-refractivity contribution in [2.75, 3.05) is 6.54 Å². The number of hydrogen-bond acceptors (Lipinski definition) is 2. The van der Waals surface area contributed by atoms with Crippen LogP contribution in [0.15, 0.2) is 24.3 Å². The molecule has 0 aliphatic heterocycles. The Bertz CT molecular complexity index is 348. The molecule has 0 spiro atoms. The highest BCUT2D eigenvalue weighted by atomic mass is 16.3. The third kappa shape index (κ3) is 2.45. The van der Waals surface area contributed by atoms with Gasteiger partial charge in [-0.15, -0.1) is 0 Å². The van der Waals surface area contributed by atoms with Gasteiger partial charge in [-0.2, -0.15) is 0 Å². The Labute approximate surface area is 97.7 Å². The van der Waals surface area contributed by atoms with Gasteiger partial charge in [0.2, 0.25) is 0 Å². The van der Waals surface area contributed by atoms with Crippen LogP contribution in [-0.4, -0.2) is 17.7 Å². The minimum atomic E-state index is -0.330.